The van der Waals surface area contributed by atoms with Gasteiger partial charge in [-0.3, -0.25) is 4.79 Å². The molecule has 6 heteroatoms. The third-order valence-electron chi connectivity index (χ3n) is 4.18. The van der Waals surface area contributed by atoms with E-state index in [1.165, 1.54) is 5.56 Å². The van der Waals surface area contributed by atoms with Gasteiger partial charge < -0.3 is 9.72 Å². The molecular weight excluding hydrogens is 352 g/mol. The van der Waals surface area contributed by atoms with Gasteiger partial charge in [0.25, 0.3) is 5.56 Å². The first-order valence-corrected chi connectivity index (χ1v) is 10.1. The van der Waals surface area contributed by atoms with Gasteiger partial charge in [0.1, 0.15) is 16.4 Å². The lowest BCUT2D eigenvalue weighted by atomic mass is 10.2. The number of thiophene rings is 1. The number of benzene rings is 1. The Bertz CT molecular complexity index is 929. The molecule has 0 spiro atoms. The number of aromatic amines is 1. The van der Waals surface area contributed by atoms with Crippen molar-refractivity contribution in [2.24, 2.45) is 0 Å². The Balaban J connectivity index is 1.61. The van der Waals surface area contributed by atoms with E-state index < -0.39 is 0 Å². The summed E-state index contributed by atoms with van der Waals surface area (Å²) < 4.78 is 5.75. The summed E-state index contributed by atoms with van der Waals surface area (Å²) in [5, 5.41) is 0.840. The van der Waals surface area contributed by atoms with Crippen LogP contribution < -0.4 is 10.3 Å². The highest BCUT2D eigenvalue weighted by atomic mass is 32.2. The topological polar surface area (TPSA) is 55.0 Å². The maximum Gasteiger partial charge on any atom is 0.259 e. The molecule has 25 heavy (non-hydrogen) atoms. The van der Waals surface area contributed by atoms with Crippen molar-refractivity contribution in [2.45, 2.75) is 32.9 Å². The number of nitrogens with zero attached hydrogens (tertiary/aromatic N) is 1. The molecule has 0 saturated carbocycles. The van der Waals surface area contributed by atoms with E-state index in [1.54, 1.807) is 23.1 Å². The molecule has 2 aromatic heterocycles. The van der Waals surface area contributed by atoms with E-state index in [-0.39, 0.29) is 10.8 Å². The Morgan fingerprint density at radius 3 is 2.68 bits per heavy atom. The molecule has 0 radical (unpaired) electrons. The number of H-pyrrole nitrogens is 1. The van der Waals surface area contributed by atoms with Crippen LogP contribution in [0.1, 0.15) is 34.0 Å². The van der Waals surface area contributed by atoms with Crippen molar-refractivity contribution in [1.29, 1.82) is 0 Å². The first kappa shape index (κ1) is 18.0. The van der Waals surface area contributed by atoms with Crippen LogP contribution in [0.4, 0.5) is 0 Å². The van der Waals surface area contributed by atoms with Gasteiger partial charge in [0.15, 0.2) is 0 Å². The molecule has 1 unspecified atom stereocenters. The molecule has 1 atom stereocenters. The number of fused-ring (bicyclic) bond motifs is 1. The van der Waals surface area contributed by atoms with Crippen LogP contribution in [-0.4, -0.2) is 22.3 Å². The summed E-state index contributed by atoms with van der Waals surface area (Å²) in [6.07, 6.45) is 0. The normalized spacial score (nSPS) is 12.5. The van der Waals surface area contributed by atoms with Gasteiger partial charge in [0.2, 0.25) is 0 Å². The van der Waals surface area contributed by atoms with E-state index in [0.717, 1.165) is 38.0 Å². The molecule has 0 aliphatic carbocycles. The van der Waals surface area contributed by atoms with Crippen LogP contribution in [0.25, 0.3) is 10.2 Å². The fourth-order valence-corrected chi connectivity index (χ4v) is 4.40. The minimum absolute atomic E-state index is 0.0368. The van der Waals surface area contributed by atoms with Crippen molar-refractivity contribution < 1.29 is 4.74 Å². The summed E-state index contributed by atoms with van der Waals surface area (Å²) >= 11 is 3.31. The number of hydrogen-bond acceptors (Lipinski definition) is 5. The van der Waals surface area contributed by atoms with Gasteiger partial charge >= 0.3 is 0 Å². The summed E-state index contributed by atoms with van der Waals surface area (Å²) in [5.41, 5.74) is 2.22. The molecule has 0 fully saturated rings. The molecule has 0 aliphatic rings. The van der Waals surface area contributed by atoms with Crippen LogP contribution in [0.3, 0.4) is 0 Å². The van der Waals surface area contributed by atoms with Crippen molar-refractivity contribution >= 4 is 33.3 Å². The van der Waals surface area contributed by atoms with Gasteiger partial charge in [-0.25, -0.2) is 4.98 Å². The smallest absolute Gasteiger partial charge is 0.259 e. The van der Waals surface area contributed by atoms with Gasteiger partial charge in [-0.05, 0) is 45.4 Å². The molecule has 1 aromatic carbocycles. The number of ether oxygens (including phenoxy) is 1. The fourth-order valence-electron chi connectivity index (χ4n) is 2.56. The number of aromatic nitrogens is 2. The average Bonchev–Trinajstić information content (AvgIpc) is 2.87. The number of aryl methyl sites for hydroxylation is 3. The molecular formula is C19H22N2O2S2. The monoisotopic (exact) mass is 374 g/mol. The van der Waals surface area contributed by atoms with Crippen LogP contribution in [0.15, 0.2) is 29.1 Å². The lowest BCUT2D eigenvalue weighted by molar-refractivity contribution is 0.343. The maximum atomic E-state index is 12.4. The molecule has 2 heterocycles. The third kappa shape index (κ3) is 4.07. The molecule has 3 aromatic rings. The first-order valence-electron chi connectivity index (χ1n) is 8.26. The Morgan fingerprint density at radius 2 is 1.96 bits per heavy atom. The molecule has 0 saturated heterocycles. The van der Waals surface area contributed by atoms with E-state index in [2.05, 4.69) is 23.8 Å². The predicted molar refractivity (Wildman–Crippen MR) is 107 cm³/mol. The lowest BCUT2D eigenvalue weighted by Gasteiger charge is -2.11. The standard InChI is InChI=1S/C19H22N2O2S2/c1-11-5-7-15(8-6-11)23-9-10-24-14(4)17-20-18(22)16-12(2)13(3)25-19(16)21-17/h5-8,14H,9-10H2,1-4H3,(H,20,21,22). The highest BCUT2D eigenvalue weighted by Gasteiger charge is 2.15. The number of nitrogens with one attached hydrogen (secondary N) is 1. The highest BCUT2D eigenvalue weighted by molar-refractivity contribution is 7.99. The summed E-state index contributed by atoms with van der Waals surface area (Å²) in [6.45, 7) is 8.75. The zero-order chi connectivity index (χ0) is 18.0. The Labute approximate surface area is 155 Å². The molecule has 4 nitrogen and oxygen atoms in total. The van der Waals surface area contributed by atoms with Gasteiger partial charge in [-0.15, -0.1) is 23.1 Å². The molecule has 0 bridgehead atoms. The van der Waals surface area contributed by atoms with Gasteiger partial charge in [-0.2, -0.15) is 0 Å². The van der Waals surface area contributed by atoms with Crippen molar-refractivity contribution in [3.8, 4) is 5.75 Å². The van der Waals surface area contributed by atoms with Crippen LogP contribution in [0.2, 0.25) is 0 Å². The second kappa shape index (κ2) is 7.62. The number of rotatable bonds is 6. The minimum Gasteiger partial charge on any atom is -0.493 e. The third-order valence-corrected chi connectivity index (χ3v) is 6.41. The Kier molecular flexibility index (Phi) is 5.49. The quantitative estimate of drug-likeness (QED) is 0.631. The van der Waals surface area contributed by atoms with E-state index in [1.807, 2.05) is 38.1 Å². The SMILES string of the molecule is Cc1ccc(OCCSC(C)c2nc3sc(C)c(C)c3c(=O)[nH]2)cc1. The van der Waals surface area contributed by atoms with Crippen molar-refractivity contribution in [2.75, 3.05) is 12.4 Å². The van der Waals surface area contributed by atoms with Crippen molar-refractivity contribution in [1.82, 2.24) is 9.97 Å². The largest absolute Gasteiger partial charge is 0.493 e. The van der Waals surface area contributed by atoms with Crippen molar-refractivity contribution in [3.63, 3.8) is 0 Å². The van der Waals surface area contributed by atoms with E-state index in [0.29, 0.717) is 6.61 Å². The number of thioether (sulfide) groups is 1. The number of hydrogen-bond donors (Lipinski definition) is 1. The highest BCUT2D eigenvalue weighted by Crippen LogP contribution is 2.29. The zero-order valence-electron chi connectivity index (χ0n) is 14.9. The first-order chi connectivity index (χ1) is 12.0. The average molecular weight is 375 g/mol. The lowest BCUT2D eigenvalue weighted by Crippen LogP contribution is -2.13. The maximum absolute atomic E-state index is 12.4. The summed E-state index contributed by atoms with van der Waals surface area (Å²) in [5.74, 6) is 2.45. The van der Waals surface area contributed by atoms with Crippen LogP contribution >= 0.6 is 23.1 Å². The summed E-state index contributed by atoms with van der Waals surface area (Å²) in [4.78, 5) is 22.0. The van der Waals surface area contributed by atoms with Gasteiger partial charge in [-0.1, -0.05) is 17.7 Å². The fraction of sp³-hybridized carbons (Fsp3) is 0.368. The molecule has 0 aliphatic heterocycles. The molecule has 3 rings (SSSR count). The van der Waals surface area contributed by atoms with E-state index in [9.17, 15) is 4.79 Å². The van der Waals surface area contributed by atoms with Crippen LogP contribution in [0.5, 0.6) is 5.75 Å². The minimum atomic E-state index is -0.0368. The van der Waals surface area contributed by atoms with Gasteiger partial charge in [0, 0.05) is 10.6 Å². The zero-order valence-corrected chi connectivity index (χ0v) is 16.5. The molecule has 1 N–H and O–H groups in total. The molecule has 0 amide bonds. The van der Waals surface area contributed by atoms with E-state index >= 15 is 0 Å². The summed E-state index contributed by atoms with van der Waals surface area (Å²) in [6, 6.07) is 8.05. The van der Waals surface area contributed by atoms with Crippen LogP contribution in [0, 0.1) is 20.8 Å². The van der Waals surface area contributed by atoms with Crippen LogP contribution in [-0.2, 0) is 0 Å². The second-order valence-electron chi connectivity index (χ2n) is 6.09. The molecule has 132 valence electrons. The second-order valence-corrected chi connectivity index (χ2v) is 8.74. The summed E-state index contributed by atoms with van der Waals surface area (Å²) in [7, 11) is 0. The van der Waals surface area contributed by atoms with E-state index in [4.69, 9.17) is 4.74 Å². The predicted octanol–water partition coefficient (Wildman–Crippen LogP) is 4.78. The van der Waals surface area contributed by atoms with Gasteiger partial charge in [0.05, 0.1) is 17.2 Å². The Morgan fingerprint density at radius 1 is 1.24 bits per heavy atom. The Hall–Kier alpha value is -1.79. The van der Waals surface area contributed by atoms with Crippen molar-refractivity contribution in [3.05, 3.63) is 56.4 Å².